The Morgan fingerprint density at radius 3 is 2.82 bits per heavy atom. The van der Waals surface area contributed by atoms with Gasteiger partial charge >= 0.3 is 0 Å². The average molecular weight is 315 g/mol. The molecule has 1 aromatic carbocycles. The number of hydrogen-bond donors (Lipinski definition) is 2. The zero-order valence-corrected chi connectivity index (χ0v) is 12.8. The second-order valence-electron chi connectivity index (χ2n) is 5.86. The summed E-state index contributed by atoms with van der Waals surface area (Å²) in [7, 11) is 0. The lowest BCUT2D eigenvalue weighted by molar-refractivity contribution is 0.0925. The predicted molar refractivity (Wildman–Crippen MR) is 84.4 cm³/mol. The van der Waals surface area contributed by atoms with Gasteiger partial charge in [0, 0.05) is 24.2 Å². The first-order valence-corrected chi connectivity index (χ1v) is 8.36. The molecule has 2 heterocycles. The SMILES string of the molecule is O=C(NC1CC2CC1CN2)c1ccc(Oc2cncs2)cc1. The van der Waals surface area contributed by atoms with Gasteiger partial charge in [0.2, 0.25) is 5.06 Å². The van der Waals surface area contributed by atoms with Gasteiger partial charge in [-0.05, 0) is 43.0 Å². The highest BCUT2D eigenvalue weighted by atomic mass is 32.1. The first kappa shape index (κ1) is 13.7. The van der Waals surface area contributed by atoms with Crippen LogP contribution >= 0.6 is 11.3 Å². The van der Waals surface area contributed by atoms with E-state index in [1.165, 1.54) is 17.8 Å². The minimum atomic E-state index is 0.00175. The molecule has 1 aromatic heterocycles. The van der Waals surface area contributed by atoms with Gasteiger partial charge in [-0.1, -0.05) is 11.3 Å². The Morgan fingerprint density at radius 1 is 1.32 bits per heavy atom. The first-order chi connectivity index (χ1) is 10.8. The van der Waals surface area contributed by atoms with Crippen LogP contribution in [0.4, 0.5) is 0 Å². The van der Waals surface area contributed by atoms with Crippen molar-refractivity contribution >= 4 is 17.2 Å². The molecule has 5 nitrogen and oxygen atoms in total. The molecule has 0 radical (unpaired) electrons. The molecule has 1 amide bonds. The third-order valence-corrected chi connectivity index (χ3v) is 5.07. The molecule has 2 fully saturated rings. The van der Waals surface area contributed by atoms with Crippen molar-refractivity contribution < 1.29 is 9.53 Å². The number of aromatic nitrogens is 1. The van der Waals surface area contributed by atoms with Crippen LogP contribution in [0.2, 0.25) is 0 Å². The number of piperidine rings is 1. The van der Waals surface area contributed by atoms with Crippen molar-refractivity contribution in [2.45, 2.75) is 24.9 Å². The molecule has 0 spiro atoms. The van der Waals surface area contributed by atoms with Gasteiger partial charge in [0.1, 0.15) is 5.75 Å². The lowest BCUT2D eigenvalue weighted by Gasteiger charge is -2.23. The summed E-state index contributed by atoms with van der Waals surface area (Å²) in [6, 6.07) is 8.14. The topological polar surface area (TPSA) is 63.2 Å². The fraction of sp³-hybridized carbons (Fsp3) is 0.375. The van der Waals surface area contributed by atoms with E-state index in [0.717, 1.165) is 18.0 Å². The summed E-state index contributed by atoms with van der Waals surface area (Å²) in [5.41, 5.74) is 2.40. The number of nitrogens with one attached hydrogen (secondary N) is 2. The molecule has 2 aromatic rings. The quantitative estimate of drug-likeness (QED) is 0.909. The Kier molecular flexibility index (Phi) is 3.56. The molecule has 1 aliphatic heterocycles. The molecule has 4 rings (SSSR count). The molecule has 6 heteroatoms. The number of thiazole rings is 1. The van der Waals surface area contributed by atoms with Gasteiger partial charge in [0.25, 0.3) is 5.91 Å². The molecule has 22 heavy (non-hydrogen) atoms. The minimum Gasteiger partial charge on any atom is -0.445 e. The smallest absolute Gasteiger partial charge is 0.251 e. The summed E-state index contributed by atoms with van der Waals surface area (Å²) < 4.78 is 5.64. The van der Waals surface area contributed by atoms with E-state index in [9.17, 15) is 4.79 Å². The van der Waals surface area contributed by atoms with E-state index in [0.29, 0.717) is 29.3 Å². The maximum atomic E-state index is 12.3. The fourth-order valence-corrected chi connectivity index (χ4v) is 3.80. The maximum Gasteiger partial charge on any atom is 0.251 e. The van der Waals surface area contributed by atoms with Gasteiger partial charge in [0.15, 0.2) is 0 Å². The normalized spacial score (nSPS) is 26.1. The van der Waals surface area contributed by atoms with Crippen molar-refractivity contribution in [2.24, 2.45) is 5.92 Å². The van der Waals surface area contributed by atoms with E-state index >= 15 is 0 Å². The van der Waals surface area contributed by atoms with Gasteiger partial charge in [0.05, 0.1) is 11.7 Å². The van der Waals surface area contributed by atoms with Crippen LogP contribution < -0.4 is 15.4 Å². The largest absolute Gasteiger partial charge is 0.445 e. The third-order valence-electron chi connectivity index (χ3n) is 4.42. The van der Waals surface area contributed by atoms with E-state index in [-0.39, 0.29) is 5.91 Å². The predicted octanol–water partition coefficient (Wildman–Crippen LogP) is 2.42. The molecule has 2 N–H and O–H groups in total. The fourth-order valence-electron chi connectivity index (χ4n) is 3.31. The molecular weight excluding hydrogens is 298 g/mol. The van der Waals surface area contributed by atoms with Crippen LogP contribution in [0.25, 0.3) is 0 Å². The number of amides is 1. The molecular formula is C16H17N3O2S. The number of rotatable bonds is 4. The summed E-state index contributed by atoms with van der Waals surface area (Å²) in [6.45, 7) is 1.03. The van der Waals surface area contributed by atoms with Gasteiger partial charge in [-0.2, -0.15) is 0 Å². The highest BCUT2D eigenvalue weighted by Crippen LogP contribution is 2.31. The summed E-state index contributed by atoms with van der Waals surface area (Å²) in [4.78, 5) is 16.3. The second kappa shape index (κ2) is 5.70. The van der Waals surface area contributed by atoms with Crippen LogP contribution in [-0.2, 0) is 0 Å². The summed E-state index contributed by atoms with van der Waals surface area (Å²) in [5.74, 6) is 1.30. The first-order valence-electron chi connectivity index (χ1n) is 7.48. The Bertz CT molecular complexity index is 657. The average Bonchev–Trinajstić information content (AvgIpc) is 3.25. The number of benzene rings is 1. The molecule has 1 aliphatic carbocycles. The standard InChI is InChI=1S/C16H17N3O2S/c20-16(19-14-6-12-5-11(14)7-18-12)10-1-3-13(4-2-10)21-15-8-17-9-22-15/h1-4,8-9,11-12,14,18H,5-7H2,(H,19,20). The van der Waals surface area contributed by atoms with Crippen LogP contribution in [0, 0.1) is 5.92 Å². The lowest BCUT2D eigenvalue weighted by Crippen LogP contribution is -2.44. The van der Waals surface area contributed by atoms with Crippen LogP contribution in [-0.4, -0.2) is 29.5 Å². The summed E-state index contributed by atoms with van der Waals surface area (Å²) in [5, 5.41) is 7.36. The van der Waals surface area contributed by atoms with E-state index in [2.05, 4.69) is 15.6 Å². The number of nitrogens with zero attached hydrogens (tertiary/aromatic N) is 1. The van der Waals surface area contributed by atoms with E-state index in [1.807, 2.05) is 12.1 Å². The Morgan fingerprint density at radius 2 is 2.18 bits per heavy atom. The molecule has 3 unspecified atom stereocenters. The number of fused-ring (bicyclic) bond motifs is 2. The number of carbonyl (C=O) groups is 1. The van der Waals surface area contributed by atoms with Gasteiger partial charge < -0.3 is 15.4 Å². The zero-order chi connectivity index (χ0) is 14.9. The number of carbonyl (C=O) groups excluding carboxylic acids is 1. The highest BCUT2D eigenvalue weighted by molar-refractivity contribution is 7.11. The van der Waals surface area contributed by atoms with Crippen molar-refractivity contribution in [1.82, 2.24) is 15.6 Å². The van der Waals surface area contributed by atoms with Crippen LogP contribution in [0.5, 0.6) is 10.8 Å². The van der Waals surface area contributed by atoms with Crippen molar-refractivity contribution in [1.29, 1.82) is 0 Å². The zero-order valence-electron chi connectivity index (χ0n) is 12.0. The second-order valence-corrected chi connectivity index (χ2v) is 6.71. The molecule has 1 saturated heterocycles. The van der Waals surface area contributed by atoms with E-state index in [4.69, 9.17) is 4.74 Å². The third kappa shape index (κ3) is 2.71. The maximum absolute atomic E-state index is 12.3. The van der Waals surface area contributed by atoms with Gasteiger partial charge in [-0.3, -0.25) is 4.79 Å². The summed E-state index contributed by atoms with van der Waals surface area (Å²) >= 11 is 1.44. The van der Waals surface area contributed by atoms with Crippen LogP contribution in [0.3, 0.4) is 0 Å². The Hall–Kier alpha value is -1.92. The van der Waals surface area contributed by atoms with Crippen molar-refractivity contribution in [3.63, 3.8) is 0 Å². The molecule has 1 saturated carbocycles. The van der Waals surface area contributed by atoms with Crippen molar-refractivity contribution in [3.8, 4) is 10.8 Å². The Balaban J connectivity index is 1.38. The van der Waals surface area contributed by atoms with Crippen LogP contribution in [0.15, 0.2) is 36.0 Å². The number of hydrogen-bond acceptors (Lipinski definition) is 5. The molecule has 2 aliphatic rings. The number of ether oxygens (including phenoxy) is 1. The van der Waals surface area contributed by atoms with Gasteiger partial charge in [-0.25, -0.2) is 4.98 Å². The van der Waals surface area contributed by atoms with E-state index in [1.54, 1.807) is 23.8 Å². The monoisotopic (exact) mass is 315 g/mol. The summed E-state index contributed by atoms with van der Waals surface area (Å²) in [6.07, 6.45) is 3.91. The van der Waals surface area contributed by atoms with Gasteiger partial charge in [-0.15, -0.1) is 0 Å². The highest BCUT2D eigenvalue weighted by Gasteiger charge is 2.39. The molecule has 114 valence electrons. The van der Waals surface area contributed by atoms with Crippen LogP contribution in [0.1, 0.15) is 23.2 Å². The van der Waals surface area contributed by atoms with E-state index < -0.39 is 0 Å². The molecule has 3 atom stereocenters. The lowest BCUT2D eigenvalue weighted by atomic mass is 10.0. The van der Waals surface area contributed by atoms with Crippen molar-refractivity contribution in [2.75, 3.05) is 6.54 Å². The molecule has 2 bridgehead atoms. The van der Waals surface area contributed by atoms with Crippen molar-refractivity contribution in [3.05, 3.63) is 41.5 Å². The minimum absolute atomic E-state index is 0.00175. The Labute approximate surface area is 132 Å².